The molecule has 0 aromatic heterocycles. The summed E-state index contributed by atoms with van der Waals surface area (Å²) in [6.45, 7) is 10.8. The minimum atomic E-state index is 0.826. The van der Waals surface area contributed by atoms with Crippen LogP contribution < -0.4 is 10.2 Å². The van der Waals surface area contributed by atoms with E-state index in [2.05, 4.69) is 43.1 Å². The standard InChI is InChI=1S/C17H29ClN2/c1-4-7-11-20(12-8-5-2)17-10-9-16(18)13-15(17)14-19-6-3/h9-10,13,19H,4-8,11-12,14H2,1-3H3. The van der Waals surface area contributed by atoms with Crippen LogP contribution in [0.5, 0.6) is 0 Å². The van der Waals surface area contributed by atoms with E-state index in [0.717, 1.165) is 31.2 Å². The molecule has 0 atom stereocenters. The van der Waals surface area contributed by atoms with Gasteiger partial charge < -0.3 is 10.2 Å². The number of nitrogens with zero attached hydrogens (tertiary/aromatic N) is 1. The maximum Gasteiger partial charge on any atom is 0.0412 e. The van der Waals surface area contributed by atoms with E-state index in [-0.39, 0.29) is 0 Å². The molecule has 20 heavy (non-hydrogen) atoms. The van der Waals surface area contributed by atoms with Gasteiger partial charge in [0.2, 0.25) is 0 Å². The number of unbranched alkanes of at least 4 members (excludes halogenated alkanes) is 2. The molecule has 0 aliphatic heterocycles. The highest BCUT2D eigenvalue weighted by Gasteiger charge is 2.11. The molecule has 1 aromatic rings. The van der Waals surface area contributed by atoms with Gasteiger partial charge in [-0.2, -0.15) is 0 Å². The molecular formula is C17H29ClN2. The summed E-state index contributed by atoms with van der Waals surface area (Å²) in [7, 11) is 0. The van der Waals surface area contributed by atoms with Gasteiger partial charge in [0.25, 0.3) is 0 Å². The molecule has 2 nitrogen and oxygen atoms in total. The van der Waals surface area contributed by atoms with Crippen molar-refractivity contribution in [1.82, 2.24) is 5.32 Å². The minimum absolute atomic E-state index is 0.826. The molecule has 1 aromatic carbocycles. The topological polar surface area (TPSA) is 15.3 Å². The molecule has 0 bridgehead atoms. The lowest BCUT2D eigenvalue weighted by Gasteiger charge is -2.27. The van der Waals surface area contributed by atoms with Crippen molar-refractivity contribution in [3.8, 4) is 0 Å². The van der Waals surface area contributed by atoms with E-state index >= 15 is 0 Å². The van der Waals surface area contributed by atoms with Crippen molar-refractivity contribution in [3.63, 3.8) is 0 Å². The minimum Gasteiger partial charge on any atom is -0.371 e. The summed E-state index contributed by atoms with van der Waals surface area (Å²) >= 11 is 6.16. The van der Waals surface area contributed by atoms with Gasteiger partial charge in [0.1, 0.15) is 0 Å². The van der Waals surface area contributed by atoms with Gasteiger partial charge in [-0.05, 0) is 43.1 Å². The average molecular weight is 297 g/mol. The van der Waals surface area contributed by atoms with Crippen LogP contribution in [0, 0.1) is 0 Å². The van der Waals surface area contributed by atoms with Crippen LogP contribution in [0.2, 0.25) is 5.02 Å². The second-order valence-corrected chi connectivity index (χ2v) is 5.68. The summed E-state index contributed by atoms with van der Waals surface area (Å²) in [5.74, 6) is 0. The third kappa shape index (κ3) is 5.72. The van der Waals surface area contributed by atoms with Gasteiger partial charge in [-0.15, -0.1) is 0 Å². The Bertz CT molecular complexity index is 371. The molecule has 0 heterocycles. The molecule has 1 N–H and O–H groups in total. The zero-order valence-corrected chi connectivity index (χ0v) is 14.0. The van der Waals surface area contributed by atoms with Crippen molar-refractivity contribution in [2.75, 3.05) is 24.5 Å². The molecule has 0 unspecified atom stereocenters. The van der Waals surface area contributed by atoms with Gasteiger partial charge in [0, 0.05) is 30.3 Å². The lowest BCUT2D eigenvalue weighted by molar-refractivity contribution is 0.668. The number of benzene rings is 1. The number of anilines is 1. The largest absolute Gasteiger partial charge is 0.371 e. The predicted molar refractivity (Wildman–Crippen MR) is 90.9 cm³/mol. The number of rotatable bonds is 10. The molecule has 0 spiro atoms. The van der Waals surface area contributed by atoms with Gasteiger partial charge >= 0.3 is 0 Å². The van der Waals surface area contributed by atoms with E-state index in [1.807, 2.05) is 6.07 Å². The third-order valence-corrected chi connectivity index (χ3v) is 3.75. The van der Waals surface area contributed by atoms with Gasteiger partial charge in [-0.3, -0.25) is 0 Å². The van der Waals surface area contributed by atoms with Crippen molar-refractivity contribution in [2.45, 2.75) is 53.0 Å². The summed E-state index contributed by atoms with van der Waals surface area (Å²) in [4.78, 5) is 2.52. The SMILES string of the molecule is CCCCN(CCCC)c1ccc(Cl)cc1CNCC. The molecule has 0 amide bonds. The summed E-state index contributed by atoms with van der Waals surface area (Å²) in [6, 6.07) is 6.29. The van der Waals surface area contributed by atoms with Crippen LogP contribution in [0.1, 0.15) is 52.0 Å². The predicted octanol–water partition coefficient (Wildman–Crippen LogP) is 4.86. The second kappa shape index (κ2) is 10.1. The fourth-order valence-electron chi connectivity index (χ4n) is 2.31. The normalized spacial score (nSPS) is 10.8. The van der Waals surface area contributed by atoms with Gasteiger partial charge in [0.15, 0.2) is 0 Å². The van der Waals surface area contributed by atoms with Crippen molar-refractivity contribution in [1.29, 1.82) is 0 Å². The van der Waals surface area contributed by atoms with Gasteiger partial charge in [0.05, 0.1) is 0 Å². The maximum absolute atomic E-state index is 6.16. The van der Waals surface area contributed by atoms with Crippen LogP contribution in [-0.4, -0.2) is 19.6 Å². The highest BCUT2D eigenvalue weighted by Crippen LogP contribution is 2.25. The zero-order chi connectivity index (χ0) is 14.8. The lowest BCUT2D eigenvalue weighted by Crippen LogP contribution is -2.27. The quantitative estimate of drug-likeness (QED) is 0.663. The zero-order valence-electron chi connectivity index (χ0n) is 13.2. The van der Waals surface area contributed by atoms with Crippen LogP contribution >= 0.6 is 11.6 Å². The Morgan fingerprint density at radius 2 is 1.70 bits per heavy atom. The molecule has 0 saturated heterocycles. The number of halogens is 1. The highest BCUT2D eigenvalue weighted by atomic mass is 35.5. The molecule has 114 valence electrons. The van der Waals surface area contributed by atoms with Crippen LogP contribution in [0.4, 0.5) is 5.69 Å². The van der Waals surface area contributed by atoms with Crippen molar-refractivity contribution >= 4 is 17.3 Å². The van der Waals surface area contributed by atoms with Crippen molar-refractivity contribution in [3.05, 3.63) is 28.8 Å². The highest BCUT2D eigenvalue weighted by molar-refractivity contribution is 6.30. The first-order chi connectivity index (χ1) is 9.72. The third-order valence-electron chi connectivity index (χ3n) is 3.51. The molecule has 0 radical (unpaired) electrons. The van der Waals surface area contributed by atoms with Crippen LogP contribution in [0.3, 0.4) is 0 Å². The van der Waals surface area contributed by atoms with Crippen molar-refractivity contribution < 1.29 is 0 Å². The first-order valence-electron chi connectivity index (χ1n) is 7.97. The smallest absolute Gasteiger partial charge is 0.0412 e. The molecule has 0 aliphatic carbocycles. The van der Waals surface area contributed by atoms with Gasteiger partial charge in [-0.25, -0.2) is 0 Å². The fourth-order valence-corrected chi connectivity index (χ4v) is 2.51. The Hall–Kier alpha value is -0.730. The number of nitrogens with one attached hydrogen (secondary N) is 1. The first-order valence-corrected chi connectivity index (χ1v) is 8.34. The Kier molecular flexibility index (Phi) is 8.72. The molecule has 0 fully saturated rings. The van der Waals surface area contributed by atoms with E-state index in [0.29, 0.717) is 0 Å². The first kappa shape index (κ1) is 17.3. The second-order valence-electron chi connectivity index (χ2n) is 5.25. The number of hydrogen-bond acceptors (Lipinski definition) is 2. The fraction of sp³-hybridized carbons (Fsp3) is 0.647. The monoisotopic (exact) mass is 296 g/mol. The van der Waals surface area contributed by atoms with E-state index in [1.54, 1.807) is 0 Å². The van der Waals surface area contributed by atoms with Crippen LogP contribution in [0.15, 0.2) is 18.2 Å². The summed E-state index contributed by atoms with van der Waals surface area (Å²) in [5.41, 5.74) is 2.66. The Morgan fingerprint density at radius 3 is 2.25 bits per heavy atom. The van der Waals surface area contributed by atoms with Gasteiger partial charge in [-0.1, -0.05) is 45.2 Å². The molecule has 0 saturated carbocycles. The summed E-state index contributed by atoms with van der Waals surface area (Å²) < 4.78 is 0. The molecule has 0 aliphatic rings. The Labute approximate surface area is 129 Å². The van der Waals surface area contributed by atoms with E-state index in [4.69, 9.17) is 11.6 Å². The maximum atomic E-state index is 6.16. The molecule has 3 heteroatoms. The summed E-state index contributed by atoms with van der Waals surface area (Å²) in [6.07, 6.45) is 4.96. The van der Waals surface area contributed by atoms with E-state index in [1.165, 1.54) is 36.9 Å². The molecule has 1 rings (SSSR count). The van der Waals surface area contributed by atoms with E-state index < -0.39 is 0 Å². The lowest BCUT2D eigenvalue weighted by atomic mass is 10.1. The van der Waals surface area contributed by atoms with Crippen LogP contribution in [-0.2, 0) is 6.54 Å². The Balaban J connectivity index is 2.90. The summed E-state index contributed by atoms with van der Waals surface area (Å²) in [5, 5.41) is 4.24. The number of hydrogen-bond donors (Lipinski definition) is 1. The van der Waals surface area contributed by atoms with Crippen molar-refractivity contribution in [2.24, 2.45) is 0 Å². The Morgan fingerprint density at radius 1 is 1.05 bits per heavy atom. The van der Waals surface area contributed by atoms with Crippen LogP contribution in [0.25, 0.3) is 0 Å². The molecular weight excluding hydrogens is 268 g/mol. The average Bonchev–Trinajstić information content (AvgIpc) is 2.46. The van der Waals surface area contributed by atoms with E-state index in [9.17, 15) is 0 Å².